The Labute approximate surface area is 53.1 Å². The SMILES string of the molecule is Cc1ccn(C(N)=O)c1. The van der Waals surface area contributed by atoms with Gasteiger partial charge in [0.1, 0.15) is 0 Å². The van der Waals surface area contributed by atoms with Crippen molar-refractivity contribution in [2.24, 2.45) is 5.73 Å². The molecule has 48 valence electrons. The maximum Gasteiger partial charge on any atom is 0.322 e. The zero-order valence-electron chi connectivity index (χ0n) is 5.16. The minimum absolute atomic E-state index is 0.442. The van der Waals surface area contributed by atoms with Gasteiger partial charge in [0.25, 0.3) is 0 Å². The van der Waals surface area contributed by atoms with Crippen LogP contribution in [0.2, 0.25) is 0 Å². The standard InChI is InChI=1S/C6H8N2O/c1-5-2-3-8(4-5)6(7)9/h2-4H,1H3,(H2,7,9). The van der Waals surface area contributed by atoms with Gasteiger partial charge in [-0.15, -0.1) is 0 Å². The molecule has 1 amide bonds. The van der Waals surface area contributed by atoms with Crippen LogP contribution in [-0.2, 0) is 0 Å². The Kier molecular flexibility index (Phi) is 1.26. The van der Waals surface area contributed by atoms with E-state index in [-0.39, 0.29) is 0 Å². The summed E-state index contributed by atoms with van der Waals surface area (Å²) in [5, 5.41) is 0. The van der Waals surface area contributed by atoms with Gasteiger partial charge in [0.2, 0.25) is 0 Å². The Morgan fingerprint density at radius 1 is 1.78 bits per heavy atom. The summed E-state index contributed by atoms with van der Waals surface area (Å²) < 4.78 is 1.34. The fourth-order valence-electron chi connectivity index (χ4n) is 0.640. The number of amides is 1. The second-order valence-corrected chi connectivity index (χ2v) is 1.93. The molecule has 0 fully saturated rings. The number of hydrogen-bond donors (Lipinski definition) is 1. The smallest absolute Gasteiger partial charge is 0.322 e. The summed E-state index contributed by atoms with van der Waals surface area (Å²) in [4.78, 5) is 10.4. The number of hydrogen-bond acceptors (Lipinski definition) is 1. The first-order valence-electron chi connectivity index (χ1n) is 2.64. The number of aromatic nitrogens is 1. The van der Waals surface area contributed by atoms with Gasteiger partial charge < -0.3 is 5.73 Å². The molecule has 0 aliphatic carbocycles. The van der Waals surface area contributed by atoms with Crippen molar-refractivity contribution < 1.29 is 4.79 Å². The van der Waals surface area contributed by atoms with E-state index in [0.29, 0.717) is 0 Å². The van der Waals surface area contributed by atoms with Gasteiger partial charge in [-0.2, -0.15) is 0 Å². The van der Waals surface area contributed by atoms with E-state index in [1.165, 1.54) is 4.57 Å². The van der Waals surface area contributed by atoms with Gasteiger partial charge in [-0.25, -0.2) is 4.79 Å². The molecule has 0 saturated carbocycles. The Bertz CT molecular complexity index is 227. The zero-order valence-corrected chi connectivity index (χ0v) is 5.16. The lowest BCUT2D eigenvalue weighted by atomic mass is 10.4. The predicted molar refractivity (Wildman–Crippen MR) is 34.2 cm³/mol. The van der Waals surface area contributed by atoms with Crippen LogP contribution in [0.15, 0.2) is 18.5 Å². The number of nitrogens with zero attached hydrogens (tertiary/aromatic N) is 1. The number of aryl methyl sites for hydroxylation is 1. The second kappa shape index (κ2) is 1.93. The third kappa shape index (κ3) is 1.10. The third-order valence-electron chi connectivity index (χ3n) is 1.10. The average molecular weight is 124 g/mol. The molecule has 0 saturated heterocycles. The van der Waals surface area contributed by atoms with Crippen LogP contribution in [-0.4, -0.2) is 10.6 Å². The molecule has 1 aromatic heterocycles. The van der Waals surface area contributed by atoms with E-state index in [2.05, 4.69) is 0 Å². The molecule has 1 heterocycles. The third-order valence-corrected chi connectivity index (χ3v) is 1.10. The quantitative estimate of drug-likeness (QED) is 0.544. The van der Waals surface area contributed by atoms with Crippen molar-refractivity contribution in [1.82, 2.24) is 4.57 Å². The van der Waals surface area contributed by atoms with Crippen LogP contribution in [0.3, 0.4) is 0 Å². The summed E-state index contributed by atoms with van der Waals surface area (Å²) in [6, 6.07) is 1.38. The lowest BCUT2D eigenvalue weighted by Gasteiger charge is -1.89. The topological polar surface area (TPSA) is 48.0 Å². The molecule has 0 bridgehead atoms. The van der Waals surface area contributed by atoms with E-state index in [4.69, 9.17) is 5.73 Å². The van der Waals surface area contributed by atoms with Crippen molar-refractivity contribution in [2.45, 2.75) is 6.92 Å². The molecule has 3 heteroatoms. The molecule has 0 radical (unpaired) electrons. The van der Waals surface area contributed by atoms with Gasteiger partial charge in [-0.3, -0.25) is 4.57 Å². The van der Waals surface area contributed by atoms with E-state index < -0.39 is 6.03 Å². The molecule has 1 aromatic rings. The molecule has 3 nitrogen and oxygen atoms in total. The normalized spacial score (nSPS) is 9.44. The zero-order chi connectivity index (χ0) is 6.85. The molecule has 0 spiro atoms. The van der Waals surface area contributed by atoms with Crippen LogP contribution < -0.4 is 5.73 Å². The number of nitrogens with two attached hydrogens (primary N) is 1. The fraction of sp³-hybridized carbons (Fsp3) is 0.167. The molecular weight excluding hydrogens is 116 g/mol. The minimum atomic E-state index is -0.442. The average Bonchev–Trinajstić information content (AvgIpc) is 2.14. The minimum Gasteiger partial charge on any atom is -0.351 e. The molecule has 9 heavy (non-hydrogen) atoms. The van der Waals surface area contributed by atoms with Crippen molar-refractivity contribution in [3.63, 3.8) is 0 Å². The molecule has 2 N–H and O–H groups in total. The first kappa shape index (κ1) is 5.88. The Balaban J connectivity index is 2.98. The predicted octanol–water partition coefficient (Wildman–Crippen LogP) is 0.723. The highest BCUT2D eigenvalue weighted by atomic mass is 16.2. The summed E-state index contributed by atoms with van der Waals surface area (Å²) >= 11 is 0. The van der Waals surface area contributed by atoms with Gasteiger partial charge in [0.05, 0.1) is 0 Å². The van der Waals surface area contributed by atoms with Crippen LogP contribution in [0.5, 0.6) is 0 Å². The van der Waals surface area contributed by atoms with Crippen LogP contribution in [0, 0.1) is 6.92 Å². The molecule has 0 aliphatic rings. The van der Waals surface area contributed by atoms with E-state index in [9.17, 15) is 4.79 Å². The van der Waals surface area contributed by atoms with Crippen molar-refractivity contribution >= 4 is 6.03 Å². The molecule has 0 aromatic carbocycles. The highest BCUT2D eigenvalue weighted by molar-refractivity contribution is 5.74. The van der Waals surface area contributed by atoms with Crippen molar-refractivity contribution in [1.29, 1.82) is 0 Å². The largest absolute Gasteiger partial charge is 0.351 e. The van der Waals surface area contributed by atoms with E-state index >= 15 is 0 Å². The van der Waals surface area contributed by atoms with Gasteiger partial charge in [0, 0.05) is 12.4 Å². The fourth-order valence-corrected chi connectivity index (χ4v) is 0.640. The summed E-state index contributed by atoms with van der Waals surface area (Å²) in [6.45, 7) is 1.90. The molecule has 0 unspecified atom stereocenters. The summed E-state index contributed by atoms with van der Waals surface area (Å²) in [5.41, 5.74) is 5.99. The highest BCUT2D eigenvalue weighted by Crippen LogP contribution is 1.95. The van der Waals surface area contributed by atoms with Crippen LogP contribution >= 0.6 is 0 Å². The first-order valence-corrected chi connectivity index (χ1v) is 2.64. The monoisotopic (exact) mass is 124 g/mol. The van der Waals surface area contributed by atoms with Gasteiger partial charge >= 0.3 is 6.03 Å². The molecule has 0 aliphatic heterocycles. The number of carbonyl (C=O) groups excluding carboxylic acids is 1. The number of rotatable bonds is 0. The van der Waals surface area contributed by atoms with E-state index in [1.807, 2.05) is 13.0 Å². The second-order valence-electron chi connectivity index (χ2n) is 1.93. The van der Waals surface area contributed by atoms with Crippen molar-refractivity contribution in [2.75, 3.05) is 0 Å². The van der Waals surface area contributed by atoms with E-state index in [1.54, 1.807) is 12.4 Å². The highest BCUT2D eigenvalue weighted by Gasteiger charge is 1.94. The number of primary amides is 1. The maximum atomic E-state index is 10.4. The Hall–Kier alpha value is -1.25. The van der Waals surface area contributed by atoms with Gasteiger partial charge in [-0.05, 0) is 18.6 Å². The summed E-state index contributed by atoms with van der Waals surface area (Å²) in [5.74, 6) is 0. The Morgan fingerprint density at radius 3 is 2.67 bits per heavy atom. The first-order chi connectivity index (χ1) is 4.20. The molecular formula is C6H8N2O. The van der Waals surface area contributed by atoms with Crippen LogP contribution in [0.4, 0.5) is 4.79 Å². The van der Waals surface area contributed by atoms with Crippen molar-refractivity contribution in [3.8, 4) is 0 Å². The maximum absolute atomic E-state index is 10.4. The lowest BCUT2D eigenvalue weighted by molar-refractivity contribution is 0.250. The van der Waals surface area contributed by atoms with E-state index in [0.717, 1.165) is 5.56 Å². The van der Waals surface area contributed by atoms with Crippen molar-refractivity contribution in [3.05, 3.63) is 24.0 Å². The summed E-state index contributed by atoms with van der Waals surface area (Å²) in [7, 11) is 0. The van der Waals surface area contributed by atoms with Gasteiger partial charge in [0.15, 0.2) is 0 Å². The summed E-state index contributed by atoms with van der Waals surface area (Å²) in [6.07, 6.45) is 3.32. The molecule has 1 rings (SSSR count). The van der Waals surface area contributed by atoms with Crippen LogP contribution in [0.25, 0.3) is 0 Å². The van der Waals surface area contributed by atoms with Crippen LogP contribution in [0.1, 0.15) is 5.56 Å². The Morgan fingerprint density at radius 2 is 2.44 bits per heavy atom. The number of carbonyl (C=O) groups is 1. The molecule has 0 atom stereocenters. The van der Waals surface area contributed by atoms with Gasteiger partial charge in [-0.1, -0.05) is 0 Å². The lowest BCUT2D eigenvalue weighted by Crippen LogP contribution is -2.17.